The highest BCUT2D eigenvalue weighted by atomic mass is 16.4. The van der Waals surface area contributed by atoms with Crippen molar-refractivity contribution >= 4 is 11.0 Å². The van der Waals surface area contributed by atoms with E-state index in [-0.39, 0.29) is 11.3 Å². The third-order valence-corrected chi connectivity index (χ3v) is 1.53. The summed E-state index contributed by atoms with van der Waals surface area (Å²) in [7, 11) is 0. The molecule has 12 heavy (non-hydrogen) atoms. The van der Waals surface area contributed by atoms with Crippen LogP contribution in [0.5, 0.6) is 5.75 Å². The van der Waals surface area contributed by atoms with Crippen LogP contribution in [0.4, 0.5) is 0 Å². The summed E-state index contributed by atoms with van der Waals surface area (Å²) in [6.07, 6.45) is 0. The fourth-order valence-electron chi connectivity index (χ4n) is 0.983. The number of hydrogen-bond acceptors (Lipinski definition) is 3. The molecule has 0 saturated heterocycles. The number of fused-ring (bicyclic) bond motifs is 1. The lowest BCUT2D eigenvalue weighted by Gasteiger charge is -1.94. The van der Waals surface area contributed by atoms with Gasteiger partial charge in [0.1, 0.15) is 11.3 Å². The first kappa shape index (κ1) is 6.91. The quantitative estimate of drug-likeness (QED) is 0.592. The normalized spacial score (nSPS) is 10.3. The maximum Gasteiger partial charge on any atom is 0.336 e. The average Bonchev–Trinajstić information content (AvgIpc) is 2.03. The van der Waals surface area contributed by atoms with Crippen molar-refractivity contribution in [3.8, 4) is 5.75 Å². The van der Waals surface area contributed by atoms with Crippen molar-refractivity contribution in [2.45, 2.75) is 0 Å². The molecule has 1 aromatic carbocycles. The zero-order valence-corrected chi connectivity index (χ0v) is 6.07. The number of phenols is 1. The molecule has 0 saturated carbocycles. The van der Waals surface area contributed by atoms with Crippen molar-refractivity contribution in [3.05, 3.63) is 40.8 Å². The standard InChI is InChI=1S/C9H5O3/c10-7-3-1-6-2-4-9(11)12-8(6)5-7/h1-4,10H. The monoisotopic (exact) mass is 161 g/mol. The zero-order valence-electron chi connectivity index (χ0n) is 6.07. The molecule has 1 heterocycles. The van der Waals surface area contributed by atoms with E-state index in [4.69, 9.17) is 9.52 Å². The lowest BCUT2D eigenvalue weighted by Crippen LogP contribution is -1.93. The van der Waals surface area contributed by atoms with Crippen LogP contribution in [-0.4, -0.2) is 5.11 Å². The van der Waals surface area contributed by atoms with Crippen LogP contribution < -0.4 is 5.63 Å². The fourth-order valence-corrected chi connectivity index (χ4v) is 0.983. The van der Waals surface area contributed by atoms with Crippen molar-refractivity contribution in [3.63, 3.8) is 0 Å². The highest BCUT2D eigenvalue weighted by Crippen LogP contribution is 2.16. The lowest BCUT2D eigenvalue weighted by molar-refractivity contribution is 0.472. The Morgan fingerprint density at radius 1 is 1.25 bits per heavy atom. The highest BCUT2D eigenvalue weighted by Gasteiger charge is 1.97. The van der Waals surface area contributed by atoms with E-state index in [9.17, 15) is 4.79 Å². The van der Waals surface area contributed by atoms with E-state index in [1.807, 2.05) is 0 Å². The topological polar surface area (TPSA) is 50.4 Å². The Morgan fingerprint density at radius 3 is 2.83 bits per heavy atom. The molecule has 2 rings (SSSR count). The molecule has 0 amide bonds. The van der Waals surface area contributed by atoms with E-state index in [0.29, 0.717) is 0 Å². The van der Waals surface area contributed by atoms with Crippen molar-refractivity contribution in [1.82, 2.24) is 0 Å². The summed E-state index contributed by atoms with van der Waals surface area (Å²) in [6.45, 7) is 0. The molecule has 3 heteroatoms. The van der Waals surface area contributed by atoms with Gasteiger partial charge in [-0.05, 0) is 18.2 Å². The zero-order chi connectivity index (χ0) is 8.55. The van der Waals surface area contributed by atoms with E-state index in [2.05, 4.69) is 6.07 Å². The minimum absolute atomic E-state index is 0.0307. The first-order valence-electron chi connectivity index (χ1n) is 3.41. The largest absolute Gasteiger partial charge is 0.507 e. The Bertz CT molecular complexity index is 470. The molecule has 0 unspecified atom stereocenters. The van der Waals surface area contributed by atoms with E-state index in [0.717, 1.165) is 5.39 Å². The highest BCUT2D eigenvalue weighted by molar-refractivity contribution is 5.76. The van der Waals surface area contributed by atoms with E-state index >= 15 is 0 Å². The number of hydrogen-bond donors (Lipinski definition) is 1. The van der Waals surface area contributed by atoms with E-state index in [1.165, 1.54) is 12.1 Å². The van der Waals surface area contributed by atoms with Gasteiger partial charge in [0.2, 0.25) is 0 Å². The molecule has 1 radical (unpaired) electrons. The van der Waals surface area contributed by atoms with Crippen molar-refractivity contribution in [1.29, 1.82) is 0 Å². The Kier molecular flexibility index (Phi) is 1.37. The van der Waals surface area contributed by atoms with Gasteiger partial charge in [0.25, 0.3) is 0 Å². The van der Waals surface area contributed by atoms with Crippen LogP contribution in [0.15, 0.2) is 33.5 Å². The molecule has 0 bridgehead atoms. The van der Waals surface area contributed by atoms with Gasteiger partial charge in [0.15, 0.2) is 0 Å². The van der Waals surface area contributed by atoms with Gasteiger partial charge in [0, 0.05) is 11.5 Å². The van der Waals surface area contributed by atoms with Gasteiger partial charge in [0.05, 0.1) is 6.07 Å². The Morgan fingerprint density at radius 2 is 2.00 bits per heavy atom. The minimum Gasteiger partial charge on any atom is -0.507 e. The maximum atomic E-state index is 10.7. The average molecular weight is 161 g/mol. The van der Waals surface area contributed by atoms with Crippen LogP contribution in [-0.2, 0) is 0 Å². The van der Waals surface area contributed by atoms with Crippen molar-refractivity contribution in [2.75, 3.05) is 0 Å². The smallest absolute Gasteiger partial charge is 0.336 e. The molecular formula is C9H5O3. The fraction of sp³-hybridized carbons (Fsp3) is 0. The number of benzene rings is 1. The molecule has 0 fully saturated rings. The van der Waals surface area contributed by atoms with Crippen LogP contribution >= 0.6 is 0 Å². The summed E-state index contributed by atoms with van der Waals surface area (Å²) in [5.74, 6) is -0.0307. The van der Waals surface area contributed by atoms with Crippen LogP contribution in [0.25, 0.3) is 11.0 Å². The molecule has 0 aliphatic rings. The van der Waals surface area contributed by atoms with Gasteiger partial charge in [-0.25, -0.2) is 4.79 Å². The van der Waals surface area contributed by atoms with Crippen LogP contribution in [0, 0.1) is 6.07 Å². The Hall–Kier alpha value is -1.77. The summed E-state index contributed by atoms with van der Waals surface area (Å²) in [6, 6.07) is 8.61. The van der Waals surface area contributed by atoms with E-state index in [1.54, 1.807) is 12.1 Å². The Balaban J connectivity index is 2.89. The molecular weight excluding hydrogens is 156 g/mol. The molecule has 0 aliphatic heterocycles. The molecule has 2 aromatic rings. The number of phenolic OH excluding ortho intramolecular Hbond substituents is 1. The second kappa shape index (κ2) is 2.37. The molecule has 59 valence electrons. The van der Waals surface area contributed by atoms with Gasteiger partial charge in [-0.3, -0.25) is 0 Å². The minimum atomic E-state index is -0.440. The molecule has 0 aliphatic carbocycles. The molecule has 3 nitrogen and oxygen atoms in total. The number of aromatic hydroxyl groups is 1. The summed E-state index contributed by atoms with van der Waals surface area (Å²) in [5, 5.41) is 9.75. The lowest BCUT2D eigenvalue weighted by atomic mass is 10.2. The molecule has 1 N–H and O–H groups in total. The summed E-state index contributed by atoms with van der Waals surface area (Å²) < 4.78 is 4.77. The first-order valence-corrected chi connectivity index (χ1v) is 3.41. The SMILES string of the molecule is O=c1ccc2ccc(O)[c]c2o1. The van der Waals surface area contributed by atoms with Crippen molar-refractivity contribution in [2.24, 2.45) is 0 Å². The summed E-state index contributed by atoms with van der Waals surface area (Å²) >= 11 is 0. The third kappa shape index (κ3) is 1.05. The van der Waals surface area contributed by atoms with Gasteiger partial charge in [-0.1, -0.05) is 0 Å². The van der Waals surface area contributed by atoms with Crippen LogP contribution in [0.2, 0.25) is 0 Å². The van der Waals surface area contributed by atoms with Gasteiger partial charge in [-0.2, -0.15) is 0 Å². The predicted octanol–water partition coefficient (Wildman–Crippen LogP) is 1.30. The predicted molar refractivity (Wildman–Crippen MR) is 43.0 cm³/mol. The third-order valence-electron chi connectivity index (χ3n) is 1.53. The van der Waals surface area contributed by atoms with Gasteiger partial charge in [-0.15, -0.1) is 0 Å². The van der Waals surface area contributed by atoms with Crippen LogP contribution in [0.1, 0.15) is 0 Å². The molecule has 0 atom stereocenters. The summed E-state index contributed by atoms with van der Waals surface area (Å²) in [4.78, 5) is 10.7. The van der Waals surface area contributed by atoms with Crippen molar-refractivity contribution < 1.29 is 9.52 Å². The van der Waals surface area contributed by atoms with Gasteiger partial charge >= 0.3 is 5.63 Å². The number of rotatable bonds is 0. The Labute approximate surface area is 67.9 Å². The molecule has 1 aromatic heterocycles. The maximum absolute atomic E-state index is 10.7. The second-order valence-corrected chi connectivity index (χ2v) is 2.38. The van der Waals surface area contributed by atoms with Gasteiger partial charge < -0.3 is 9.52 Å². The first-order chi connectivity index (χ1) is 5.75. The van der Waals surface area contributed by atoms with E-state index < -0.39 is 5.63 Å². The van der Waals surface area contributed by atoms with Crippen LogP contribution in [0.3, 0.4) is 0 Å². The second-order valence-electron chi connectivity index (χ2n) is 2.38. The summed E-state index contributed by atoms with van der Waals surface area (Å²) in [5.41, 5.74) is -0.160. The molecule has 0 spiro atoms.